The van der Waals surface area contributed by atoms with Gasteiger partial charge in [-0.15, -0.1) is 0 Å². The van der Waals surface area contributed by atoms with E-state index in [0.29, 0.717) is 19.0 Å². The standard InChI is InChI=1S/C9H21N3O/c1-7(2)5-12(6-9(11)13)8(3)4-10/h7-8H,4-6,10H2,1-3H3,(H2,11,13). The molecule has 4 heteroatoms. The number of nitrogens with zero attached hydrogens (tertiary/aromatic N) is 1. The lowest BCUT2D eigenvalue weighted by Gasteiger charge is -2.28. The fourth-order valence-electron chi connectivity index (χ4n) is 1.22. The van der Waals surface area contributed by atoms with Crippen molar-refractivity contribution >= 4 is 5.91 Å². The quantitative estimate of drug-likeness (QED) is 0.603. The Labute approximate surface area is 80.3 Å². The fraction of sp³-hybridized carbons (Fsp3) is 0.889. The molecular weight excluding hydrogens is 166 g/mol. The Hall–Kier alpha value is -0.610. The highest BCUT2D eigenvalue weighted by atomic mass is 16.1. The molecule has 0 aromatic heterocycles. The molecule has 0 aromatic carbocycles. The van der Waals surface area contributed by atoms with Gasteiger partial charge >= 0.3 is 0 Å². The van der Waals surface area contributed by atoms with Crippen molar-refractivity contribution in [3.05, 3.63) is 0 Å². The second kappa shape index (κ2) is 5.94. The van der Waals surface area contributed by atoms with Crippen LogP contribution in [0, 0.1) is 5.92 Å². The number of rotatable bonds is 6. The molecule has 0 saturated carbocycles. The zero-order valence-electron chi connectivity index (χ0n) is 8.79. The van der Waals surface area contributed by atoms with Crippen LogP contribution in [0.15, 0.2) is 0 Å². The van der Waals surface area contributed by atoms with Crippen molar-refractivity contribution in [1.82, 2.24) is 4.90 Å². The molecule has 1 unspecified atom stereocenters. The van der Waals surface area contributed by atoms with Crippen LogP contribution in [-0.4, -0.2) is 36.5 Å². The average molecular weight is 187 g/mol. The third-order valence-electron chi connectivity index (χ3n) is 1.92. The molecule has 0 heterocycles. The first-order chi connectivity index (χ1) is 5.97. The number of amides is 1. The molecule has 0 fully saturated rings. The summed E-state index contributed by atoms with van der Waals surface area (Å²) in [4.78, 5) is 12.8. The van der Waals surface area contributed by atoms with E-state index in [4.69, 9.17) is 11.5 Å². The lowest BCUT2D eigenvalue weighted by atomic mass is 10.1. The Morgan fingerprint density at radius 3 is 2.23 bits per heavy atom. The summed E-state index contributed by atoms with van der Waals surface area (Å²) < 4.78 is 0. The number of hydrogen-bond acceptors (Lipinski definition) is 3. The van der Waals surface area contributed by atoms with Crippen molar-refractivity contribution in [2.24, 2.45) is 17.4 Å². The molecule has 0 spiro atoms. The van der Waals surface area contributed by atoms with Crippen LogP contribution in [-0.2, 0) is 4.79 Å². The summed E-state index contributed by atoms with van der Waals surface area (Å²) in [5, 5.41) is 0. The SMILES string of the molecule is CC(C)CN(CC(N)=O)C(C)CN. The molecule has 0 aliphatic rings. The van der Waals surface area contributed by atoms with Gasteiger partial charge in [-0.1, -0.05) is 13.8 Å². The first-order valence-corrected chi connectivity index (χ1v) is 4.69. The molecule has 78 valence electrons. The Kier molecular flexibility index (Phi) is 5.66. The van der Waals surface area contributed by atoms with Gasteiger partial charge < -0.3 is 11.5 Å². The minimum absolute atomic E-state index is 0.217. The highest BCUT2D eigenvalue weighted by molar-refractivity contribution is 5.75. The molecule has 0 aliphatic heterocycles. The summed E-state index contributed by atoms with van der Waals surface area (Å²) in [7, 11) is 0. The Balaban J connectivity index is 4.10. The molecule has 1 amide bonds. The number of nitrogens with two attached hydrogens (primary N) is 2. The molecule has 4 N–H and O–H groups in total. The summed E-state index contributed by atoms with van der Waals surface area (Å²) in [6, 6.07) is 0.217. The van der Waals surface area contributed by atoms with E-state index in [1.807, 2.05) is 11.8 Å². The van der Waals surface area contributed by atoms with E-state index in [1.54, 1.807) is 0 Å². The predicted octanol–water partition coefficient (Wildman–Crippen LogP) is -0.223. The molecule has 1 atom stereocenters. The molecule has 13 heavy (non-hydrogen) atoms. The van der Waals surface area contributed by atoms with Crippen LogP contribution in [0.25, 0.3) is 0 Å². The second-order valence-electron chi connectivity index (χ2n) is 3.87. The van der Waals surface area contributed by atoms with Crippen LogP contribution < -0.4 is 11.5 Å². The molecule has 0 aliphatic carbocycles. The normalized spacial score (nSPS) is 13.7. The molecule has 0 bridgehead atoms. The van der Waals surface area contributed by atoms with E-state index in [-0.39, 0.29) is 11.9 Å². The lowest BCUT2D eigenvalue weighted by Crippen LogP contribution is -2.45. The van der Waals surface area contributed by atoms with E-state index < -0.39 is 0 Å². The highest BCUT2D eigenvalue weighted by Gasteiger charge is 2.15. The maximum absolute atomic E-state index is 10.8. The van der Waals surface area contributed by atoms with Gasteiger partial charge in [-0.3, -0.25) is 9.69 Å². The molecule has 0 aromatic rings. The van der Waals surface area contributed by atoms with Crippen molar-refractivity contribution in [1.29, 1.82) is 0 Å². The fourth-order valence-corrected chi connectivity index (χ4v) is 1.22. The molecule has 0 saturated heterocycles. The van der Waals surface area contributed by atoms with Crippen molar-refractivity contribution in [3.63, 3.8) is 0 Å². The van der Waals surface area contributed by atoms with Gasteiger partial charge in [-0.2, -0.15) is 0 Å². The maximum Gasteiger partial charge on any atom is 0.231 e. The molecule has 4 nitrogen and oxygen atoms in total. The van der Waals surface area contributed by atoms with Gasteiger partial charge in [0.2, 0.25) is 5.91 Å². The lowest BCUT2D eigenvalue weighted by molar-refractivity contribution is -0.119. The smallest absolute Gasteiger partial charge is 0.231 e. The highest BCUT2D eigenvalue weighted by Crippen LogP contribution is 2.02. The minimum atomic E-state index is -0.291. The van der Waals surface area contributed by atoms with Crippen molar-refractivity contribution < 1.29 is 4.79 Å². The first-order valence-electron chi connectivity index (χ1n) is 4.69. The number of carbonyl (C=O) groups is 1. The predicted molar refractivity (Wildman–Crippen MR) is 54.1 cm³/mol. The summed E-state index contributed by atoms with van der Waals surface area (Å²) in [6.45, 7) is 7.94. The van der Waals surface area contributed by atoms with Gasteiger partial charge in [0.1, 0.15) is 0 Å². The Morgan fingerprint density at radius 1 is 1.38 bits per heavy atom. The van der Waals surface area contributed by atoms with E-state index in [1.165, 1.54) is 0 Å². The summed E-state index contributed by atoms with van der Waals surface area (Å²) >= 11 is 0. The van der Waals surface area contributed by atoms with Gasteiger partial charge in [-0.25, -0.2) is 0 Å². The summed E-state index contributed by atoms with van der Waals surface area (Å²) in [6.07, 6.45) is 0. The van der Waals surface area contributed by atoms with Gasteiger partial charge in [0, 0.05) is 19.1 Å². The number of carbonyl (C=O) groups excluding carboxylic acids is 1. The minimum Gasteiger partial charge on any atom is -0.369 e. The Morgan fingerprint density at radius 2 is 1.92 bits per heavy atom. The largest absolute Gasteiger partial charge is 0.369 e. The third-order valence-corrected chi connectivity index (χ3v) is 1.92. The second-order valence-corrected chi connectivity index (χ2v) is 3.87. The maximum atomic E-state index is 10.8. The first kappa shape index (κ1) is 12.4. The van der Waals surface area contributed by atoms with Crippen molar-refractivity contribution in [3.8, 4) is 0 Å². The number of primary amides is 1. The van der Waals surface area contributed by atoms with Crippen molar-refractivity contribution in [2.75, 3.05) is 19.6 Å². The van der Waals surface area contributed by atoms with Gasteiger partial charge in [0.25, 0.3) is 0 Å². The van der Waals surface area contributed by atoms with E-state index >= 15 is 0 Å². The van der Waals surface area contributed by atoms with Crippen LogP contribution >= 0.6 is 0 Å². The van der Waals surface area contributed by atoms with Crippen LogP contribution in [0.4, 0.5) is 0 Å². The molecular formula is C9H21N3O. The van der Waals surface area contributed by atoms with Crippen LogP contribution in [0.3, 0.4) is 0 Å². The van der Waals surface area contributed by atoms with Crippen LogP contribution in [0.5, 0.6) is 0 Å². The van der Waals surface area contributed by atoms with Gasteiger partial charge in [-0.05, 0) is 12.8 Å². The van der Waals surface area contributed by atoms with E-state index in [2.05, 4.69) is 13.8 Å². The topological polar surface area (TPSA) is 72.3 Å². The van der Waals surface area contributed by atoms with Crippen LogP contribution in [0.1, 0.15) is 20.8 Å². The Bertz CT molecular complexity index is 159. The summed E-state index contributed by atoms with van der Waals surface area (Å²) in [5.74, 6) is 0.231. The molecule has 0 radical (unpaired) electrons. The zero-order chi connectivity index (χ0) is 10.4. The molecule has 0 rings (SSSR count). The zero-order valence-corrected chi connectivity index (χ0v) is 8.79. The van der Waals surface area contributed by atoms with E-state index in [0.717, 1.165) is 6.54 Å². The van der Waals surface area contributed by atoms with Crippen molar-refractivity contribution in [2.45, 2.75) is 26.8 Å². The average Bonchev–Trinajstić information content (AvgIpc) is 2.00. The van der Waals surface area contributed by atoms with Crippen LogP contribution in [0.2, 0.25) is 0 Å². The van der Waals surface area contributed by atoms with Gasteiger partial charge in [0.05, 0.1) is 6.54 Å². The monoisotopic (exact) mass is 187 g/mol. The summed E-state index contributed by atoms with van der Waals surface area (Å²) in [5.41, 5.74) is 10.7. The number of hydrogen-bond donors (Lipinski definition) is 2. The van der Waals surface area contributed by atoms with E-state index in [9.17, 15) is 4.79 Å². The third kappa shape index (κ3) is 5.60. The van der Waals surface area contributed by atoms with Gasteiger partial charge in [0.15, 0.2) is 0 Å².